The molecule has 2 unspecified atom stereocenters. The second kappa shape index (κ2) is 7.32. The zero-order chi connectivity index (χ0) is 11.9. The van der Waals surface area contributed by atoms with Gasteiger partial charge in [-0.3, -0.25) is 0 Å². The number of unbranched alkanes of at least 4 members (excludes halogenated alkanes) is 1. The van der Waals surface area contributed by atoms with E-state index in [1.54, 1.807) is 0 Å². The van der Waals surface area contributed by atoms with E-state index >= 15 is 0 Å². The van der Waals surface area contributed by atoms with Crippen LogP contribution < -0.4 is 5.32 Å². The molecule has 1 aliphatic heterocycles. The molecule has 1 fully saturated rings. The molecule has 0 aromatic heterocycles. The molecule has 0 aromatic rings. The minimum Gasteiger partial charge on any atom is -0.312 e. The molecule has 96 valence electrons. The summed E-state index contributed by atoms with van der Waals surface area (Å²) >= 11 is 0. The number of hydrogen-bond donors (Lipinski definition) is 1. The van der Waals surface area contributed by atoms with Gasteiger partial charge in [0.2, 0.25) is 0 Å². The summed E-state index contributed by atoms with van der Waals surface area (Å²) < 4.78 is 0. The first kappa shape index (κ1) is 14.0. The van der Waals surface area contributed by atoms with Crippen LogP contribution in [0.2, 0.25) is 0 Å². The van der Waals surface area contributed by atoms with Crippen LogP contribution in [0.5, 0.6) is 0 Å². The summed E-state index contributed by atoms with van der Waals surface area (Å²) in [6.45, 7) is 8.35. The van der Waals surface area contributed by atoms with Gasteiger partial charge >= 0.3 is 0 Å². The molecule has 1 nitrogen and oxygen atoms in total. The van der Waals surface area contributed by atoms with E-state index < -0.39 is 0 Å². The zero-order valence-electron chi connectivity index (χ0n) is 11.6. The molecule has 0 spiro atoms. The van der Waals surface area contributed by atoms with Gasteiger partial charge in [-0.15, -0.1) is 0 Å². The molecule has 1 rings (SSSR count). The maximum Gasteiger partial charge on any atom is 0.0156 e. The van der Waals surface area contributed by atoms with Crippen LogP contribution in [0.1, 0.15) is 78.6 Å². The van der Waals surface area contributed by atoms with Crippen molar-refractivity contribution < 1.29 is 0 Å². The molecule has 16 heavy (non-hydrogen) atoms. The van der Waals surface area contributed by atoms with E-state index in [4.69, 9.17) is 0 Å². The first-order valence-electron chi connectivity index (χ1n) is 7.45. The largest absolute Gasteiger partial charge is 0.312 e. The highest BCUT2D eigenvalue weighted by Gasteiger charge is 2.27. The van der Waals surface area contributed by atoms with Crippen LogP contribution in [0.15, 0.2) is 0 Å². The predicted molar refractivity (Wildman–Crippen MR) is 72.8 cm³/mol. The van der Waals surface area contributed by atoms with E-state index in [0.717, 1.165) is 5.92 Å². The van der Waals surface area contributed by atoms with Crippen LogP contribution in [-0.4, -0.2) is 12.1 Å². The summed E-state index contributed by atoms with van der Waals surface area (Å²) in [5.41, 5.74) is 0.435. The van der Waals surface area contributed by atoms with Gasteiger partial charge in [0.15, 0.2) is 0 Å². The van der Waals surface area contributed by atoms with Gasteiger partial charge in [-0.05, 0) is 38.6 Å². The van der Waals surface area contributed by atoms with Gasteiger partial charge in [0.05, 0.1) is 0 Å². The second-order valence-electron chi connectivity index (χ2n) is 5.92. The maximum atomic E-state index is 3.80. The van der Waals surface area contributed by atoms with Gasteiger partial charge in [-0.2, -0.15) is 0 Å². The lowest BCUT2D eigenvalue weighted by Crippen LogP contribution is -2.43. The van der Waals surface area contributed by atoms with Crippen LogP contribution >= 0.6 is 0 Å². The SMILES string of the molecule is CCCCC(CC)CC1(C)CCCCCN1. The van der Waals surface area contributed by atoms with Crippen LogP contribution in [0.25, 0.3) is 0 Å². The third-order valence-corrected chi connectivity index (χ3v) is 4.24. The molecular weight excluding hydrogens is 194 g/mol. The summed E-state index contributed by atoms with van der Waals surface area (Å²) in [5, 5.41) is 3.80. The summed E-state index contributed by atoms with van der Waals surface area (Å²) in [4.78, 5) is 0. The Morgan fingerprint density at radius 3 is 2.69 bits per heavy atom. The highest BCUT2D eigenvalue weighted by atomic mass is 15.0. The van der Waals surface area contributed by atoms with Crippen molar-refractivity contribution in [3.63, 3.8) is 0 Å². The highest BCUT2D eigenvalue weighted by molar-refractivity contribution is 4.87. The quantitative estimate of drug-likeness (QED) is 0.701. The smallest absolute Gasteiger partial charge is 0.0156 e. The average molecular weight is 225 g/mol. The number of rotatable bonds is 6. The molecule has 0 aromatic carbocycles. The van der Waals surface area contributed by atoms with Gasteiger partial charge in [0.1, 0.15) is 0 Å². The zero-order valence-corrected chi connectivity index (χ0v) is 11.6. The molecule has 1 N–H and O–H groups in total. The third kappa shape index (κ3) is 4.86. The first-order chi connectivity index (χ1) is 7.70. The van der Waals surface area contributed by atoms with Crippen molar-refractivity contribution in [3.05, 3.63) is 0 Å². The summed E-state index contributed by atoms with van der Waals surface area (Å²) in [7, 11) is 0. The Morgan fingerprint density at radius 2 is 2.00 bits per heavy atom. The van der Waals surface area contributed by atoms with Crippen molar-refractivity contribution >= 4 is 0 Å². The van der Waals surface area contributed by atoms with Gasteiger partial charge in [0.25, 0.3) is 0 Å². The Morgan fingerprint density at radius 1 is 1.19 bits per heavy atom. The maximum absolute atomic E-state index is 3.80. The van der Waals surface area contributed by atoms with Crippen LogP contribution in [-0.2, 0) is 0 Å². The van der Waals surface area contributed by atoms with E-state index in [2.05, 4.69) is 26.1 Å². The van der Waals surface area contributed by atoms with Crippen LogP contribution in [0.4, 0.5) is 0 Å². The van der Waals surface area contributed by atoms with Crippen molar-refractivity contribution in [2.24, 2.45) is 5.92 Å². The summed E-state index contributed by atoms with van der Waals surface area (Å²) in [6, 6.07) is 0. The van der Waals surface area contributed by atoms with Crippen LogP contribution in [0, 0.1) is 5.92 Å². The molecule has 2 atom stereocenters. The molecule has 1 saturated heterocycles. The van der Waals surface area contributed by atoms with Crippen LogP contribution in [0.3, 0.4) is 0 Å². The van der Waals surface area contributed by atoms with E-state index in [1.165, 1.54) is 64.3 Å². The topological polar surface area (TPSA) is 12.0 Å². The Kier molecular flexibility index (Phi) is 6.41. The van der Waals surface area contributed by atoms with Crippen molar-refractivity contribution in [1.29, 1.82) is 0 Å². The Hall–Kier alpha value is -0.0400. The monoisotopic (exact) mass is 225 g/mol. The predicted octanol–water partition coefficient (Wildman–Crippen LogP) is 4.52. The average Bonchev–Trinajstić information content (AvgIpc) is 2.49. The molecule has 0 saturated carbocycles. The summed E-state index contributed by atoms with van der Waals surface area (Å²) in [5.74, 6) is 0.940. The molecule has 1 aliphatic rings. The van der Waals surface area contributed by atoms with E-state index in [1.807, 2.05) is 0 Å². The Bertz CT molecular complexity index is 168. The molecule has 0 radical (unpaired) electrons. The van der Waals surface area contributed by atoms with Crippen molar-refractivity contribution in [2.75, 3.05) is 6.54 Å². The number of hydrogen-bond acceptors (Lipinski definition) is 1. The lowest BCUT2D eigenvalue weighted by Gasteiger charge is -2.33. The van der Waals surface area contributed by atoms with Gasteiger partial charge < -0.3 is 5.32 Å². The standard InChI is InChI=1S/C15H31N/c1-4-6-10-14(5-2)13-15(3)11-8-7-9-12-16-15/h14,16H,4-13H2,1-3H3. The van der Waals surface area contributed by atoms with Crippen molar-refractivity contribution in [2.45, 2.75) is 84.1 Å². The lowest BCUT2D eigenvalue weighted by atomic mass is 9.82. The van der Waals surface area contributed by atoms with E-state index in [0.29, 0.717) is 5.54 Å². The van der Waals surface area contributed by atoms with E-state index in [-0.39, 0.29) is 0 Å². The molecule has 1 heteroatoms. The molecule has 0 aliphatic carbocycles. The van der Waals surface area contributed by atoms with E-state index in [9.17, 15) is 0 Å². The van der Waals surface area contributed by atoms with Gasteiger partial charge in [0, 0.05) is 5.54 Å². The highest BCUT2D eigenvalue weighted by Crippen LogP contribution is 2.29. The Labute approximate surface area is 102 Å². The molecule has 0 amide bonds. The molecular formula is C15H31N. The fourth-order valence-corrected chi connectivity index (χ4v) is 3.05. The van der Waals surface area contributed by atoms with Crippen molar-refractivity contribution in [1.82, 2.24) is 5.32 Å². The summed E-state index contributed by atoms with van der Waals surface area (Å²) in [6.07, 6.45) is 12.6. The van der Waals surface area contributed by atoms with Gasteiger partial charge in [-0.25, -0.2) is 0 Å². The van der Waals surface area contributed by atoms with Gasteiger partial charge in [-0.1, -0.05) is 52.4 Å². The second-order valence-corrected chi connectivity index (χ2v) is 5.92. The Balaban J connectivity index is 2.40. The fraction of sp³-hybridized carbons (Fsp3) is 1.00. The van der Waals surface area contributed by atoms with Crippen molar-refractivity contribution in [3.8, 4) is 0 Å². The normalized spacial score (nSPS) is 28.7. The number of nitrogens with one attached hydrogen (secondary N) is 1. The minimum absolute atomic E-state index is 0.435. The molecule has 0 bridgehead atoms. The molecule has 1 heterocycles. The third-order valence-electron chi connectivity index (χ3n) is 4.24. The lowest BCUT2D eigenvalue weighted by molar-refractivity contribution is 0.252. The fourth-order valence-electron chi connectivity index (χ4n) is 3.05. The minimum atomic E-state index is 0.435. The first-order valence-corrected chi connectivity index (χ1v) is 7.45.